The van der Waals surface area contributed by atoms with Crippen molar-refractivity contribution in [2.24, 2.45) is 0 Å². The van der Waals surface area contributed by atoms with Gasteiger partial charge in [0, 0.05) is 23.6 Å². The van der Waals surface area contributed by atoms with Crippen molar-refractivity contribution in [2.45, 2.75) is 77.2 Å². The zero-order chi connectivity index (χ0) is 32.4. The summed E-state index contributed by atoms with van der Waals surface area (Å²) >= 11 is 0. The van der Waals surface area contributed by atoms with Crippen LogP contribution in [-0.4, -0.2) is 30.0 Å². The molecule has 1 N–H and O–H groups in total. The summed E-state index contributed by atoms with van der Waals surface area (Å²) < 4.78 is 91.6. The molecule has 0 bridgehead atoms. The first kappa shape index (κ1) is 32.9. The van der Waals surface area contributed by atoms with Gasteiger partial charge in [0.2, 0.25) is 0 Å². The largest absolute Gasteiger partial charge is 0.493 e. The summed E-state index contributed by atoms with van der Waals surface area (Å²) in [7, 11) is 0. The number of rotatable bonds is 11. The molecule has 0 spiro atoms. The summed E-state index contributed by atoms with van der Waals surface area (Å²) in [4.78, 5) is 38.9. The molecule has 2 aromatic carbocycles. The molecular formula is C31H32F6N2O5. The number of nitrogens with one attached hydrogen (secondary N) is 1. The van der Waals surface area contributed by atoms with Gasteiger partial charge in [0.15, 0.2) is 0 Å². The highest BCUT2D eigenvalue weighted by Crippen LogP contribution is 2.40. The smallest absolute Gasteiger partial charge is 0.417 e. The van der Waals surface area contributed by atoms with E-state index in [9.17, 15) is 40.7 Å². The number of nitrogens with zero attached hydrogens (tertiary/aromatic N) is 1. The van der Waals surface area contributed by atoms with E-state index < -0.39 is 46.6 Å². The molecule has 44 heavy (non-hydrogen) atoms. The van der Waals surface area contributed by atoms with Crippen LogP contribution >= 0.6 is 0 Å². The molecule has 0 radical (unpaired) electrons. The summed E-state index contributed by atoms with van der Waals surface area (Å²) in [5.74, 6) is -0.253. The number of benzene rings is 2. The van der Waals surface area contributed by atoms with Crippen molar-refractivity contribution in [3.05, 3.63) is 74.6 Å². The van der Waals surface area contributed by atoms with E-state index in [0.29, 0.717) is 61.5 Å². The Labute approximate surface area is 249 Å². The van der Waals surface area contributed by atoms with E-state index >= 15 is 0 Å². The minimum absolute atomic E-state index is 0.00935. The summed E-state index contributed by atoms with van der Waals surface area (Å²) in [6, 6.07) is 5.13. The number of fused-ring (bicyclic) bond motifs is 1. The van der Waals surface area contributed by atoms with Gasteiger partial charge in [-0.05, 0) is 61.9 Å². The first-order chi connectivity index (χ1) is 20.6. The number of ether oxygens (including phenoxy) is 1. The van der Waals surface area contributed by atoms with Crippen LogP contribution in [0.15, 0.2) is 45.6 Å². The van der Waals surface area contributed by atoms with Gasteiger partial charge in [-0.25, -0.2) is 9.59 Å². The van der Waals surface area contributed by atoms with Gasteiger partial charge in [-0.2, -0.15) is 26.3 Å². The molecule has 1 atom stereocenters. The molecule has 4 rings (SSSR count). The Kier molecular flexibility index (Phi) is 9.36. The van der Waals surface area contributed by atoms with Crippen LogP contribution in [0.2, 0.25) is 0 Å². The third-order valence-corrected chi connectivity index (χ3v) is 7.57. The SMILES string of the molecule is CCCc1cc2c(C(F)(F)F)cc(=O)oc2c(CCC)c1OCCCCN1C(=O)NC(C)(c2ccc(C(F)(F)F)cc2)C1=O. The first-order valence-electron chi connectivity index (χ1n) is 14.3. The summed E-state index contributed by atoms with van der Waals surface area (Å²) in [5.41, 5.74) is -3.64. The van der Waals surface area contributed by atoms with Gasteiger partial charge in [-0.1, -0.05) is 38.8 Å². The van der Waals surface area contributed by atoms with Crippen LogP contribution in [0.4, 0.5) is 31.1 Å². The van der Waals surface area contributed by atoms with Gasteiger partial charge >= 0.3 is 24.0 Å². The van der Waals surface area contributed by atoms with E-state index in [4.69, 9.17) is 9.15 Å². The van der Waals surface area contributed by atoms with Crippen molar-refractivity contribution in [2.75, 3.05) is 13.2 Å². The van der Waals surface area contributed by atoms with Crippen LogP contribution in [0.1, 0.15) is 74.3 Å². The summed E-state index contributed by atoms with van der Waals surface area (Å²) in [6.07, 6.45) is -6.74. The maximum absolute atomic E-state index is 13.8. The monoisotopic (exact) mass is 626 g/mol. The third kappa shape index (κ3) is 6.56. The standard InChI is InChI=1S/C31H32F6N2O5/c1-4-8-18-16-22-23(31(35,36)37)17-24(40)44-26(22)21(9-5-2)25(18)43-15-7-6-14-39-27(41)29(3,38-28(39)42)19-10-12-20(13-11-19)30(32,33)34/h10-13,16-17H,4-9,14-15H2,1-3H3,(H,38,42). The maximum atomic E-state index is 13.8. The molecular weight excluding hydrogens is 594 g/mol. The average Bonchev–Trinajstić information content (AvgIpc) is 3.16. The van der Waals surface area contributed by atoms with Crippen LogP contribution in [-0.2, 0) is 35.5 Å². The molecule has 0 saturated carbocycles. The Morgan fingerprint density at radius 2 is 1.57 bits per heavy atom. The normalized spacial score (nSPS) is 17.4. The lowest BCUT2D eigenvalue weighted by Crippen LogP contribution is -2.41. The van der Waals surface area contributed by atoms with Crippen molar-refractivity contribution >= 4 is 22.9 Å². The molecule has 2 heterocycles. The van der Waals surface area contributed by atoms with Gasteiger partial charge in [-0.3, -0.25) is 9.69 Å². The third-order valence-electron chi connectivity index (χ3n) is 7.57. The molecule has 0 aliphatic carbocycles. The average molecular weight is 627 g/mol. The molecule has 7 nitrogen and oxygen atoms in total. The van der Waals surface area contributed by atoms with Crippen molar-refractivity contribution in [1.82, 2.24) is 10.2 Å². The number of unbranched alkanes of at least 4 members (excludes halogenated alkanes) is 1. The second kappa shape index (κ2) is 12.5. The highest BCUT2D eigenvalue weighted by atomic mass is 19.4. The minimum Gasteiger partial charge on any atom is -0.493 e. The van der Waals surface area contributed by atoms with Crippen molar-refractivity contribution in [3.8, 4) is 5.75 Å². The van der Waals surface area contributed by atoms with Crippen LogP contribution in [0.3, 0.4) is 0 Å². The molecule has 1 aromatic heterocycles. The van der Waals surface area contributed by atoms with Crippen LogP contribution < -0.4 is 15.7 Å². The molecule has 1 fully saturated rings. The fourth-order valence-electron chi connectivity index (χ4n) is 5.39. The molecule has 1 aliphatic rings. The Morgan fingerprint density at radius 3 is 2.16 bits per heavy atom. The number of amides is 3. The predicted molar refractivity (Wildman–Crippen MR) is 149 cm³/mol. The first-order valence-corrected chi connectivity index (χ1v) is 14.3. The van der Waals surface area contributed by atoms with E-state index in [-0.39, 0.29) is 29.7 Å². The van der Waals surface area contributed by atoms with E-state index in [2.05, 4.69) is 5.32 Å². The number of hydrogen-bond donors (Lipinski definition) is 1. The second-order valence-corrected chi connectivity index (χ2v) is 10.8. The van der Waals surface area contributed by atoms with Gasteiger partial charge in [-0.15, -0.1) is 0 Å². The topological polar surface area (TPSA) is 88.8 Å². The van der Waals surface area contributed by atoms with Crippen LogP contribution in [0.5, 0.6) is 5.75 Å². The number of halogens is 6. The number of hydrogen-bond acceptors (Lipinski definition) is 5. The van der Waals surface area contributed by atoms with Gasteiger partial charge < -0.3 is 14.5 Å². The molecule has 1 aliphatic heterocycles. The molecule has 13 heteroatoms. The lowest BCUT2D eigenvalue weighted by Gasteiger charge is -2.23. The number of carbonyl (C=O) groups is 2. The molecule has 3 amide bonds. The van der Waals surface area contributed by atoms with Crippen molar-refractivity contribution < 1.29 is 45.1 Å². The van der Waals surface area contributed by atoms with Crippen LogP contribution in [0, 0.1) is 0 Å². The predicted octanol–water partition coefficient (Wildman–Crippen LogP) is 7.36. The highest BCUT2D eigenvalue weighted by molar-refractivity contribution is 6.07. The quantitative estimate of drug-likeness (QED) is 0.104. The Bertz CT molecular complexity index is 1600. The molecule has 3 aromatic rings. The molecule has 238 valence electrons. The van der Waals surface area contributed by atoms with E-state index in [0.717, 1.165) is 29.2 Å². The lowest BCUT2D eigenvalue weighted by molar-refractivity contribution is -0.138. The van der Waals surface area contributed by atoms with Crippen molar-refractivity contribution in [1.29, 1.82) is 0 Å². The Morgan fingerprint density at radius 1 is 0.909 bits per heavy atom. The maximum Gasteiger partial charge on any atom is 0.417 e. The van der Waals surface area contributed by atoms with E-state index in [1.807, 2.05) is 13.8 Å². The number of aryl methyl sites for hydroxylation is 2. The lowest BCUT2D eigenvalue weighted by atomic mass is 9.91. The van der Waals surface area contributed by atoms with Gasteiger partial charge in [0.1, 0.15) is 16.9 Å². The van der Waals surface area contributed by atoms with Crippen molar-refractivity contribution in [3.63, 3.8) is 0 Å². The number of carbonyl (C=O) groups excluding carboxylic acids is 2. The van der Waals surface area contributed by atoms with Crippen LogP contribution in [0.25, 0.3) is 11.0 Å². The molecule has 1 saturated heterocycles. The molecule has 1 unspecified atom stereocenters. The fourth-order valence-corrected chi connectivity index (χ4v) is 5.39. The fraction of sp³-hybridized carbons (Fsp3) is 0.452. The number of alkyl halides is 6. The van der Waals surface area contributed by atoms with E-state index in [1.54, 1.807) is 0 Å². The number of imide groups is 1. The van der Waals surface area contributed by atoms with E-state index in [1.165, 1.54) is 13.0 Å². The summed E-state index contributed by atoms with van der Waals surface area (Å²) in [5, 5.41) is 2.36. The highest BCUT2D eigenvalue weighted by Gasteiger charge is 2.49. The zero-order valence-corrected chi connectivity index (χ0v) is 24.4. The second-order valence-electron chi connectivity index (χ2n) is 10.8. The minimum atomic E-state index is -4.76. The van der Waals surface area contributed by atoms with Gasteiger partial charge in [0.25, 0.3) is 5.91 Å². The Hall–Kier alpha value is -4.03. The zero-order valence-electron chi connectivity index (χ0n) is 24.4. The van der Waals surface area contributed by atoms with Gasteiger partial charge in [0.05, 0.1) is 17.7 Å². The Balaban J connectivity index is 1.49. The summed E-state index contributed by atoms with van der Waals surface area (Å²) in [6.45, 7) is 5.24. The number of urea groups is 1.